The summed E-state index contributed by atoms with van der Waals surface area (Å²) < 4.78 is 0.566. The lowest BCUT2D eigenvalue weighted by Crippen LogP contribution is -1.95. The molecule has 0 radical (unpaired) electrons. The number of carboxylic acid groups (broad SMARTS) is 1. The van der Waals surface area contributed by atoms with Crippen LogP contribution in [0.5, 0.6) is 5.75 Å². The number of aromatic nitrogens is 2. The summed E-state index contributed by atoms with van der Waals surface area (Å²) in [6.45, 7) is 2.00. The van der Waals surface area contributed by atoms with Crippen molar-refractivity contribution < 1.29 is 15.0 Å². The van der Waals surface area contributed by atoms with Crippen molar-refractivity contribution >= 4 is 21.9 Å². The number of carbonyl (C=O) groups is 1. The minimum Gasteiger partial charge on any atom is -0.506 e. The van der Waals surface area contributed by atoms with E-state index in [0.717, 1.165) is 12.0 Å². The van der Waals surface area contributed by atoms with Crippen LogP contribution in [0.1, 0.15) is 23.0 Å². The summed E-state index contributed by atoms with van der Waals surface area (Å²) in [5.41, 5.74) is 1.92. The Morgan fingerprint density at radius 1 is 1.44 bits per heavy atom. The van der Waals surface area contributed by atoms with E-state index in [1.807, 2.05) is 13.0 Å². The highest BCUT2D eigenvalue weighted by molar-refractivity contribution is 9.10. The number of halogens is 1. The van der Waals surface area contributed by atoms with E-state index >= 15 is 0 Å². The molecule has 6 heteroatoms. The van der Waals surface area contributed by atoms with Crippen molar-refractivity contribution in [1.82, 2.24) is 10.2 Å². The van der Waals surface area contributed by atoms with Gasteiger partial charge in [0.15, 0.2) is 0 Å². The van der Waals surface area contributed by atoms with Gasteiger partial charge in [-0.3, -0.25) is 5.10 Å². The van der Waals surface area contributed by atoms with Crippen molar-refractivity contribution in [2.24, 2.45) is 0 Å². The molecule has 0 atom stereocenters. The molecule has 0 aliphatic rings. The van der Waals surface area contributed by atoms with Crippen LogP contribution in [0.3, 0.4) is 0 Å². The predicted octanol–water partition coefficient (Wildman–Crippen LogP) is 2.81. The van der Waals surface area contributed by atoms with Crippen LogP contribution in [0.15, 0.2) is 22.7 Å². The molecule has 0 saturated carbocycles. The second-order valence-corrected chi connectivity index (χ2v) is 4.65. The van der Waals surface area contributed by atoms with Gasteiger partial charge in [-0.1, -0.05) is 6.92 Å². The van der Waals surface area contributed by atoms with Crippen molar-refractivity contribution in [3.8, 4) is 17.0 Å². The lowest BCUT2D eigenvalue weighted by atomic mass is 10.1. The Hall–Kier alpha value is -1.82. The number of aryl methyl sites for hydroxylation is 1. The first-order valence-corrected chi connectivity index (χ1v) is 6.12. The zero-order chi connectivity index (χ0) is 13.3. The van der Waals surface area contributed by atoms with E-state index in [4.69, 9.17) is 5.11 Å². The summed E-state index contributed by atoms with van der Waals surface area (Å²) in [6, 6.07) is 5.01. The molecule has 0 saturated heterocycles. The van der Waals surface area contributed by atoms with E-state index in [1.165, 1.54) is 6.07 Å². The number of H-pyrrole nitrogens is 1. The number of carboxylic acids is 1. The maximum Gasteiger partial charge on any atom is 0.353 e. The molecule has 5 nitrogen and oxygen atoms in total. The number of nitrogens with one attached hydrogen (secondary N) is 1. The molecule has 0 spiro atoms. The third-order valence-electron chi connectivity index (χ3n) is 2.62. The molecule has 1 heterocycles. The van der Waals surface area contributed by atoms with Crippen LogP contribution in [0, 0.1) is 0 Å². The second kappa shape index (κ2) is 4.81. The highest BCUT2D eigenvalue weighted by Crippen LogP contribution is 2.36. The van der Waals surface area contributed by atoms with E-state index < -0.39 is 5.97 Å². The number of rotatable bonds is 3. The molecule has 0 aliphatic carbocycles. The number of aromatic hydroxyl groups is 1. The van der Waals surface area contributed by atoms with Crippen molar-refractivity contribution in [3.05, 3.63) is 33.9 Å². The van der Waals surface area contributed by atoms with Gasteiger partial charge in [-0.2, -0.15) is 5.10 Å². The average molecular weight is 311 g/mol. The summed E-state index contributed by atoms with van der Waals surface area (Å²) in [5.74, 6) is -1.03. The number of aromatic amines is 1. The Kier molecular flexibility index (Phi) is 3.38. The van der Waals surface area contributed by atoms with E-state index in [9.17, 15) is 9.90 Å². The fraction of sp³-hybridized carbons (Fsp3) is 0.167. The van der Waals surface area contributed by atoms with E-state index in [2.05, 4.69) is 26.1 Å². The SMILES string of the molecule is CCc1cc(Br)c(O)c(-c2cc(C(=O)O)[nH]n2)c1. The minimum absolute atomic E-state index is 0.0116. The van der Waals surface area contributed by atoms with Gasteiger partial charge in [0.25, 0.3) is 0 Å². The highest BCUT2D eigenvalue weighted by atomic mass is 79.9. The number of hydrogen-bond acceptors (Lipinski definition) is 3. The fourth-order valence-electron chi connectivity index (χ4n) is 1.62. The number of aromatic carboxylic acids is 1. The van der Waals surface area contributed by atoms with Crippen molar-refractivity contribution in [3.63, 3.8) is 0 Å². The largest absolute Gasteiger partial charge is 0.506 e. The maximum atomic E-state index is 10.8. The number of nitrogens with zero attached hydrogens (tertiary/aromatic N) is 1. The van der Waals surface area contributed by atoms with Crippen molar-refractivity contribution in [1.29, 1.82) is 0 Å². The van der Waals surface area contributed by atoms with Gasteiger partial charge >= 0.3 is 5.97 Å². The molecule has 18 heavy (non-hydrogen) atoms. The van der Waals surface area contributed by atoms with Gasteiger partial charge in [0.2, 0.25) is 0 Å². The van der Waals surface area contributed by atoms with Gasteiger partial charge in [0.05, 0.1) is 10.2 Å². The molecular weight excluding hydrogens is 300 g/mol. The first-order valence-electron chi connectivity index (χ1n) is 5.33. The van der Waals surface area contributed by atoms with E-state index in [-0.39, 0.29) is 11.4 Å². The van der Waals surface area contributed by atoms with Crippen LogP contribution in [0.25, 0.3) is 11.3 Å². The molecule has 1 aromatic carbocycles. The smallest absolute Gasteiger partial charge is 0.353 e. The zero-order valence-electron chi connectivity index (χ0n) is 9.57. The summed E-state index contributed by atoms with van der Waals surface area (Å²) in [4.78, 5) is 10.8. The van der Waals surface area contributed by atoms with E-state index in [1.54, 1.807) is 6.07 Å². The molecule has 3 N–H and O–H groups in total. The predicted molar refractivity (Wildman–Crippen MR) is 69.7 cm³/mol. The van der Waals surface area contributed by atoms with Crippen LogP contribution < -0.4 is 0 Å². The quantitative estimate of drug-likeness (QED) is 0.813. The Morgan fingerprint density at radius 2 is 2.17 bits per heavy atom. The standard InChI is InChI=1S/C12H11BrN2O3/c1-2-6-3-7(11(16)8(13)4-6)9-5-10(12(17)18)15-14-9/h3-5,16H,2H2,1H3,(H,14,15)(H,17,18). The second-order valence-electron chi connectivity index (χ2n) is 3.80. The first-order chi connectivity index (χ1) is 8.52. The molecule has 0 bridgehead atoms. The van der Waals surface area contributed by atoms with Gasteiger partial charge in [0, 0.05) is 5.56 Å². The Balaban J connectivity index is 2.55. The van der Waals surface area contributed by atoms with Crippen LogP contribution in [-0.2, 0) is 6.42 Å². The highest BCUT2D eigenvalue weighted by Gasteiger charge is 2.14. The topological polar surface area (TPSA) is 86.2 Å². The first kappa shape index (κ1) is 12.6. The number of phenols is 1. The Bertz CT molecular complexity index is 607. The lowest BCUT2D eigenvalue weighted by molar-refractivity contribution is 0.0690. The van der Waals surface area contributed by atoms with Crippen LogP contribution in [-0.4, -0.2) is 26.4 Å². The molecule has 0 aliphatic heterocycles. The summed E-state index contributed by atoms with van der Waals surface area (Å²) >= 11 is 3.27. The van der Waals surface area contributed by atoms with Gasteiger partial charge in [-0.25, -0.2) is 4.79 Å². The third kappa shape index (κ3) is 2.24. The minimum atomic E-state index is -1.08. The molecule has 2 rings (SSSR count). The number of hydrogen-bond donors (Lipinski definition) is 3. The van der Waals surface area contributed by atoms with Crippen molar-refractivity contribution in [2.75, 3.05) is 0 Å². The lowest BCUT2D eigenvalue weighted by Gasteiger charge is -2.06. The van der Waals surface area contributed by atoms with Crippen LogP contribution in [0.4, 0.5) is 0 Å². The average Bonchev–Trinajstić information content (AvgIpc) is 2.82. The van der Waals surface area contributed by atoms with Gasteiger partial charge < -0.3 is 10.2 Å². The van der Waals surface area contributed by atoms with Gasteiger partial charge in [-0.05, 0) is 46.1 Å². The van der Waals surface area contributed by atoms with Crippen molar-refractivity contribution in [2.45, 2.75) is 13.3 Å². The summed E-state index contributed by atoms with van der Waals surface area (Å²) in [5, 5.41) is 25.1. The maximum absolute atomic E-state index is 10.8. The van der Waals surface area contributed by atoms with Crippen LogP contribution >= 0.6 is 15.9 Å². The van der Waals surface area contributed by atoms with Gasteiger partial charge in [-0.15, -0.1) is 0 Å². The monoisotopic (exact) mass is 310 g/mol. The summed E-state index contributed by atoms with van der Waals surface area (Å²) in [6.07, 6.45) is 0.808. The van der Waals surface area contributed by atoms with Gasteiger partial charge in [0.1, 0.15) is 11.4 Å². The molecule has 0 unspecified atom stereocenters. The Morgan fingerprint density at radius 3 is 2.72 bits per heavy atom. The number of phenolic OH excluding ortho intramolecular Hbond substituents is 1. The zero-order valence-corrected chi connectivity index (χ0v) is 11.2. The molecule has 0 fully saturated rings. The molecule has 94 valence electrons. The summed E-state index contributed by atoms with van der Waals surface area (Å²) in [7, 11) is 0. The van der Waals surface area contributed by atoms with E-state index in [0.29, 0.717) is 15.7 Å². The Labute approximate surface area is 112 Å². The molecule has 1 aromatic heterocycles. The fourth-order valence-corrected chi connectivity index (χ4v) is 2.13. The third-order valence-corrected chi connectivity index (χ3v) is 3.22. The normalized spacial score (nSPS) is 10.6. The molecule has 2 aromatic rings. The number of benzene rings is 1. The van der Waals surface area contributed by atoms with Crippen LogP contribution in [0.2, 0.25) is 0 Å². The molecule has 0 amide bonds. The molecular formula is C12H11BrN2O3.